The normalized spacial score (nSPS) is 9.58. The summed E-state index contributed by atoms with van der Waals surface area (Å²) in [5.74, 6) is -0.0417. The van der Waals surface area contributed by atoms with Gasteiger partial charge in [0.1, 0.15) is 5.84 Å². The van der Waals surface area contributed by atoms with Gasteiger partial charge in [-0.15, -0.1) is 12.6 Å². The van der Waals surface area contributed by atoms with Gasteiger partial charge >= 0.3 is 0 Å². The van der Waals surface area contributed by atoms with E-state index >= 15 is 0 Å². The van der Waals surface area contributed by atoms with E-state index in [0.717, 1.165) is 5.56 Å². The van der Waals surface area contributed by atoms with Crippen LogP contribution in [0.1, 0.15) is 11.1 Å². The van der Waals surface area contributed by atoms with Crippen molar-refractivity contribution in [2.75, 3.05) is 0 Å². The molecule has 0 aliphatic carbocycles. The van der Waals surface area contributed by atoms with E-state index in [0.29, 0.717) is 10.5 Å². The minimum absolute atomic E-state index is 0.0417. The molecule has 0 aliphatic rings. The summed E-state index contributed by atoms with van der Waals surface area (Å²) in [5, 5.41) is 15.8. The number of hydrogen-bond acceptors (Lipinski definition) is 3. The third kappa shape index (κ3) is 1.78. The molecule has 0 bridgehead atoms. The minimum atomic E-state index is -0.0417. The van der Waals surface area contributed by atoms with Crippen molar-refractivity contribution in [3.8, 4) is 0 Å². The largest absolute Gasteiger partial charge is 0.290 e. The zero-order valence-corrected chi connectivity index (χ0v) is 7.52. The summed E-state index contributed by atoms with van der Waals surface area (Å²) in [7, 11) is 0. The van der Waals surface area contributed by atoms with Gasteiger partial charge in [-0.1, -0.05) is 6.07 Å². The molecule has 0 unspecified atom stereocenters. The van der Waals surface area contributed by atoms with E-state index < -0.39 is 0 Å². The van der Waals surface area contributed by atoms with Gasteiger partial charge < -0.3 is 0 Å². The van der Waals surface area contributed by atoms with E-state index in [1.807, 2.05) is 19.1 Å². The summed E-state index contributed by atoms with van der Waals surface area (Å²) in [6, 6.07) is 5.44. The molecule has 64 valence electrons. The summed E-state index contributed by atoms with van der Waals surface area (Å²) in [6.45, 7) is 1.94. The van der Waals surface area contributed by atoms with Crippen molar-refractivity contribution in [1.82, 2.24) is 5.48 Å². The van der Waals surface area contributed by atoms with Gasteiger partial charge in [0.05, 0.1) is 0 Å². The Morgan fingerprint density at radius 3 is 2.75 bits per heavy atom. The van der Waals surface area contributed by atoms with E-state index in [4.69, 9.17) is 10.6 Å². The van der Waals surface area contributed by atoms with Crippen molar-refractivity contribution in [3.05, 3.63) is 29.3 Å². The Morgan fingerprint density at radius 1 is 1.58 bits per heavy atom. The first-order chi connectivity index (χ1) is 5.65. The average Bonchev–Trinajstić information content (AvgIpc) is 2.03. The van der Waals surface area contributed by atoms with Crippen molar-refractivity contribution >= 4 is 18.5 Å². The summed E-state index contributed by atoms with van der Waals surface area (Å²) in [6.07, 6.45) is 0. The fraction of sp³-hybridized carbons (Fsp3) is 0.125. The number of rotatable bonds is 1. The van der Waals surface area contributed by atoms with Gasteiger partial charge in [-0.3, -0.25) is 16.1 Å². The predicted octanol–water partition coefficient (Wildman–Crippen LogP) is 1.59. The minimum Gasteiger partial charge on any atom is -0.290 e. The molecule has 3 N–H and O–H groups in total. The van der Waals surface area contributed by atoms with Gasteiger partial charge in [0.2, 0.25) is 0 Å². The monoisotopic (exact) mass is 182 g/mol. The lowest BCUT2D eigenvalue weighted by Crippen LogP contribution is -2.19. The lowest BCUT2D eigenvalue weighted by molar-refractivity contribution is 0.234. The Balaban J connectivity index is 3.09. The molecule has 3 nitrogen and oxygen atoms in total. The number of benzene rings is 1. The third-order valence-electron chi connectivity index (χ3n) is 1.53. The molecule has 0 aromatic heterocycles. The van der Waals surface area contributed by atoms with E-state index in [9.17, 15) is 0 Å². The first-order valence-corrected chi connectivity index (χ1v) is 3.88. The Hall–Kier alpha value is -1.00. The van der Waals surface area contributed by atoms with Crippen molar-refractivity contribution in [2.45, 2.75) is 11.8 Å². The molecule has 0 amide bonds. The van der Waals surface area contributed by atoms with Gasteiger partial charge in [-0.25, -0.2) is 0 Å². The summed E-state index contributed by atoms with van der Waals surface area (Å²) in [5.41, 5.74) is 3.44. The number of hydroxylamine groups is 1. The van der Waals surface area contributed by atoms with Crippen molar-refractivity contribution in [3.63, 3.8) is 0 Å². The van der Waals surface area contributed by atoms with Crippen molar-refractivity contribution < 1.29 is 5.21 Å². The van der Waals surface area contributed by atoms with Gasteiger partial charge in [-0.2, -0.15) is 0 Å². The lowest BCUT2D eigenvalue weighted by Gasteiger charge is -2.05. The van der Waals surface area contributed by atoms with Crippen LogP contribution < -0.4 is 5.48 Å². The van der Waals surface area contributed by atoms with Crippen LogP contribution in [0.25, 0.3) is 0 Å². The molecule has 1 aromatic rings. The predicted molar refractivity (Wildman–Crippen MR) is 50.2 cm³/mol. The highest BCUT2D eigenvalue weighted by molar-refractivity contribution is 7.80. The van der Waals surface area contributed by atoms with Gasteiger partial charge in [0, 0.05) is 10.5 Å². The molecular formula is C8H10N2OS. The van der Waals surface area contributed by atoms with Crippen molar-refractivity contribution in [1.29, 1.82) is 5.41 Å². The first-order valence-electron chi connectivity index (χ1n) is 3.44. The Morgan fingerprint density at radius 2 is 2.25 bits per heavy atom. The van der Waals surface area contributed by atoms with Gasteiger partial charge in [0.15, 0.2) is 0 Å². The summed E-state index contributed by atoms with van der Waals surface area (Å²) in [4.78, 5) is 0.682. The van der Waals surface area contributed by atoms with Crippen LogP contribution in [0.5, 0.6) is 0 Å². The third-order valence-corrected chi connectivity index (χ3v) is 1.90. The molecule has 1 aromatic carbocycles. The molecule has 12 heavy (non-hydrogen) atoms. The zero-order chi connectivity index (χ0) is 9.14. The molecule has 1 rings (SSSR count). The van der Waals surface area contributed by atoms with Crippen LogP contribution in [0.4, 0.5) is 0 Å². The molecule has 0 saturated carbocycles. The molecule has 0 saturated heterocycles. The summed E-state index contributed by atoms with van der Waals surface area (Å²) < 4.78 is 0. The number of aryl methyl sites for hydroxylation is 1. The molecule has 4 heteroatoms. The zero-order valence-electron chi connectivity index (χ0n) is 6.63. The van der Waals surface area contributed by atoms with Crippen LogP contribution in [0.2, 0.25) is 0 Å². The van der Waals surface area contributed by atoms with E-state index in [1.165, 1.54) is 0 Å². The van der Waals surface area contributed by atoms with Gasteiger partial charge in [0.25, 0.3) is 0 Å². The fourth-order valence-electron chi connectivity index (χ4n) is 0.913. The molecule has 0 aliphatic heterocycles. The number of nitrogens with one attached hydrogen (secondary N) is 2. The van der Waals surface area contributed by atoms with E-state index in [1.54, 1.807) is 11.5 Å². The maximum Gasteiger partial charge on any atom is 0.150 e. The van der Waals surface area contributed by atoms with Crippen LogP contribution in [0.15, 0.2) is 23.1 Å². The van der Waals surface area contributed by atoms with E-state index in [-0.39, 0.29) is 5.84 Å². The van der Waals surface area contributed by atoms with Crippen LogP contribution in [-0.2, 0) is 0 Å². The smallest absolute Gasteiger partial charge is 0.150 e. The molecule has 0 spiro atoms. The molecule has 0 radical (unpaired) electrons. The molecule has 0 atom stereocenters. The second-order valence-electron chi connectivity index (χ2n) is 2.51. The average molecular weight is 182 g/mol. The molecular weight excluding hydrogens is 172 g/mol. The second kappa shape index (κ2) is 3.60. The highest BCUT2D eigenvalue weighted by Gasteiger charge is 2.03. The van der Waals surface area contributed by atoms with Crippen LogP contribution in [0.3, 0.4) is 0 Å². The van der Waals surface area contributed by atoms with Gasteiger partial charge in [-0.05, 0) is 24.6 Å². The van der Waals surface area contributed by atoms with Crippen molar-refractivity contribution in [2.24, 2.45) is 0 Å². The first kappa shape index (κ1) is 9.09. The Bertz CT molecular complexity index is 312. The second-order valence-corrected chi connectivity index (χ2v) is 2.99. The Labute approximate surface area is 76.3 Å². The fourth-order valence-corrected chi connectivity index (χ4v) is 1.30. The lowest BCUT2D eigenvalue weighted by atomic mass is 10.1. The maximum absolute atomic E-state index is 8.47. The van der Waals surface area contributed by atoms with Crippen LogP contribution >= 0.6 is 12.6 Å². The molecule has 0 fully saturated rings. The quantitative estimate of drug-likeness (QED) is 0.231. The van der Waals surface area contributed by atoms with Crippen LogP contribution in [-0.4, -0.2) is 11.0 Å². The topological polar surface area (TPSA) is 56.1 Å². The van der Waals surface area contributed by atoms with Crippen LogP contribution in [0, 0.1) is 12.3 Å². The highest BCUT2D eigenvalue weighted by Crippen LogP contribution is 2.14. The number of hydrogen-bond donors (Lipinski definition) is 4. The number of amidine groups is 1. The summed E-state index contributed by atoms with van der Waals surface area (Å²) >= 11 is 4.17. The van der Waals surface area contributed by atoms with E-state index in [2.05, 4.69) is 12.6 Å². The Kier molecular flexibility index (Phi) is 2.73. The highest BCUT2D eigenvalue weighted by atomic mass is 32.1. The SMILES string of the molecule is Cc1ccc(C(=N)NO)c(S)c1. The maximum atomic E-state index is 8.47. The molecule has 0 heterocycles. The standard InChI is InChI=1S/C8H10N2OS/c1-5-2-3-6(7(12)4-5)8(9)10-11/h2-4,11-12H,1H3,(H2,9,10). The number of thiol groups is 1.